The van der Waals surface area contributed by atoms with Crippen LogP contribution in [0.3, 0.4) is 0 Å². The lowest BCUT2D eigenvalue weighted by molar-refractivity contribution is 0.210. The summed E-state index contributed by atoms with van der Waals surface area (Å²) >= 11 is 0. The van der Waals surface area contributed by atoms with Gasteiger partial charge in [0.1, 0.15) is 0 Å². The Morgan fingerprint density at radius 1 is 1.33 bits per heavy atom. The van der Waals surface area contributed by atoms with E-state index in [1.54, 1.807) is 0 Å². The van der Waals surface area contributed by atoms with Crippen molar-refractivity contribution in [3.05, 3.63) is 0 Å². The van der Waals surface area contributed by atoms with Crippen LogP contribution in [0.15, 0.2) is 0 Å². The van der Waals surface area contributed by atoms with Crippen LogP contribution in [0.1, 0.15) is 27.2 Å². The number of hydrogen-bond acceptors (Lipinski definition) is 3. The van der Waals surface area contributed by atoms with Crippen LogP contribution in [0.5, 0.6) is 0 Å². The summed E-state index contributed by atoms with van der Waals surface area (Å²) in [5, 5.41) is 7.01. The quantitative estimate of drug-likeness (QED) is 0.559. The van der Waals surface area contributed by atoms with E-state index in [2.05, 4.69) is 31.4 Å². The third kappa shape index (κ3) is 2.44. The van der Waals surface area contributed by atoms with Crippen LogP contribution in [0, 0.1) is 5.92 Å². The SMILES string of the molecule is CC1CC(C)NC(C(C)CN)N1. The molecule has 3 heteroatoms. The fourth-order valence-corrected chi connectivity index (χ4v) is 1.79. The van der Waals surface area contributed by atoms with Crippen LogP contribution >= 0.6 is 0 Å². The fraction of sp³-hybridized carbons (Fsp3) is 1.00. The average Bonchev–Trinajstić information content (AvgIpc) is 2.01. The predicted molar refractivity (Wildman–Crippen MR) is 51.8 cm³/mol. The number of rotatable bonds is 2. The van der Waals surface area contributed by atoms with Gasteiger partial charge in [0.15, 0.2) is 0 Å². The molecule has 0 aliphatic carbocycles. The standard InChI is InChI=1S/C9H21N3/c1-6(5-10)9-11-7(2)4-8(3)12-9/h6-9,11-12H,4-5,10H2,1-3H3. The van der Waals surface area contributed by atoms with Crippen LogP contribution in [0.4, 0.5) is 0 Å². The minimum atomic E-state index is 0.397. The molecule has 0 aromatic heterocycles. The van der Waals surface area contributed by atoms with Crippen molar-refractivity contribution in [3.8, 4) is 0 Å². The zero-order valence-electron chi connectivity index (χ0n) is 8.30. The van der Waals surface area contributed by atoms with Crippen molar-refractivity contribution in [2.24, 2.45) is 11.7 Å². The summed E-state index contributed by atoms with van der Waals surface area (Å²) in [6, 6.07) is 1.22. The maximum absolute atomic E-state index is 5.61. The molecule has 3 nitrogen and oxygen atoms in total. The molecule has 0 spiro atoms. The summed E-state index contributed by atoms with van der Waals surface area (Å²) in [7, 11) is 0. The minimum Gasteiger partial charge on any atom is -0.330 e. The smallest absolute Gasteiger partial charge is 0.0614 e. The van der Waals surface area contributed by atoms with Gasteiger partial charge in [0.2, 0.25) is 0 Å². The molecule has 1 fully saturated rings. The Morgan fingerprint density at radius 2 is 1.83 bits per heavy atom. The van der Waals surface area contributed by atoms with Gasteiger partial charge >= 0.3 is 0 Å². The molecule has 0 bridgehead atoms. The van der Waals surface area contributed by atoms with Crippen molar-refractivity contribution in [2.45, 2.75) is 45.4 Å². The molecule has 0 radical (unpaired) electrons. The van der Waals surface area contributed by atoms with Crippen LogP contribution in [0.2, 0.25) is 0 Å². The van der Waals surface area contributed by atoms with Crippen molar-refractivity contribution in [1.29, 1.82) is 0 Å². The number of nitrogens with two attached hydrogens (primary N) is 1. The van der Waals surface area contributed by atoms with Crippen molar-refractivity contribution in [2.75, 3.05) is 6.54 Å². The van der Waals surface area contributed by atoms with Crippen molar-refractivity contribution >= 4 is 0 Å². The molecule has 3 atom stereocenters. The summed E-state index contributed by atoms with van der Waals surface area (Å²) < 4.78 is 0. The molecule has 0 amide bonds. The van der Waals surface area contributed by atoms with Gasteiger partial charge < -0.3 is 5.73 Å². The summed E-state index contributed by atoms with van der Waals surface area (Å²) in [5.74, 6) is 0.509. The van der Waals surface area contributed by atoms with Gasteiger partial charge in [0.05, 0.1) is 6.17 Å². The van der Waals surface area contributed by atoms with Gasteiger partial charge in [-0.25, -0.2) is 0 Å². The molecule has 72 valence electrons. The highest BCUT2D eigenvalue weighted by atomic mass is 15.2. The Morgan fingerprint density at radius 3 is 2.25 bits per heavy atom. The highest BCUT2D eigenvalue weighted by Gasteiger charge is 2.25. The molecule has 0 aromatic carbocycles. The third-order valence-corrected chi connectivity index (χ3v) is 2.58. The molecule has 1 aliphatic rings. The predicted octanol–water partition coefficient (Wildman–Crippen LogP) is 0.267. The molecular weight excluding hydrogens is 150 g/mol. The van der Waals surface area contributed by atoms with E-state index in [0.29, 0.717) is 24.2 Å². The van der Waals surface area contributed by atoms with Gasteiger partial charge in [-0.05, 0) is 32.7 Å². The summed E-state index contributed by atoms with van der Waals surface area (Å²) in [6.07, 6.45) is 1.60. The van der Waals surface area contributed by atoms with E-state index in [9.17, 15) is 0 Å². The molecule has 0 aromatic rings. The molecule has 1 aliphatic heterocycles. The minimum absolute atomic E-state index is 0.397. The Kier molecular flexibility index (Phi) is 3.50. The molecule has 0 saturated carbocycles. The highest BCUT2D eigenvalue weighted by molar-refractivity contribution is 4.84. The Balaban J connectivity index is 2.43. The largest absolute Gasteiger partial charge is 0.330 e. The average molecular weight is 171 g/mol. The lowest BCUT2D eigenvalue weighted by Crippen LogP contribution is -2.60. The maximum Gasteiger partial charge on any atom is 0.0614 e. The lowest BCUT2D eigenvalue weighted by atomic mass is 10.0. The highest BCUT2D eigenvalue weighted by Crippen LogP contribution is 2.10. The van der Waals surface area contributed by atoms with Gasteiger partial charge in [-0.3, -0.25) is 10.6 Å². The lowest BCUT2D eigenvalue weighted by Gasteiger charge is -2.37. The second-order valence-electron chi connectivity index (χ2n) is 4.06. The summed E-state index contributed by atoms with van der Waals surface area (Å²) in [5.41, 5.74) is 5.61. The topological polar surface area (TPSA) is 50.1 Å². The van der Waals surface area contributed by atoms with Gasteiger partial charge in [0.25, 0.3) is 0 Å². The molecule has 1 rings (SSSR count). The van der Waals surface area contributed by atoms with Crippen molar-refractivity contribution in [3.63, 3.8) is 0 Å². The number of hydrogen-bond donors (Lipinski definition) is 3. The first kappa shape index (κ1) is 9.96. The second-order valence-corrected chi connectivity index (χ2v) is 4.06. The van der Waals surface area contributed by atoms with Crippen LogP contribution in [0.25, 0.3) is 0 Å². The molecule has 3 unspecified atom stereocenters. The van der Waals surface area contributed by atoms with E-state index in [0.717, 1.165) is 6.54 Å². The van der Waals surface area contributed by atoms with E-state index >= 15 is 0 Å². The molecule has 4 N–H and O–H groups in total. The van der Waals surface area contributed by atoms with E-state index in [4.69, 9.17) is 5.73 Å². The molecule has 1 saturated heterocycles. The summed E-state index contributed by atoms with van der Waals surface area (Å²) in [4.78, 5) is 0. The first-order chi connectivity index (χ1) is 5.63. The normalized spacial score (nSPS) is 39.5. The Hall–Kier alpha value is -0.120. The molecule has 12 heavy (non-hydrogen) atoms. The van der Waals surface area contributed by atoms with E-state index in [-0.39, 0.29) is 0 Å². The first-order valence-corrected chi connectivity index (χ1v) is 4.85. The van der Waals surface area contributed by atoms with Gasteiger partial charge in [0, 0.05) is 12.1 Å². The molecule has 1 heterocycles. The second kappa shape index (κ2) is 4.21. The van der Waals surface area contributed by atoms with Crippen LogP contribution in [-0.4, -0.2) is 24.8 Å². The van der Waals surface area contributed by atoms with Gasteiger partial charge in [-0.1, -0.05) is 6.92 Å². The number of nitrogens with one attached hydrogen (secondary N) is 2. The zero-order valence-corrected chi connectivity index (χ0v) is 8.30. The summed E-state index contributed by atoms with van der Waals surface area (Å²) in [6.45, 7) is 7.38. The maximum atomic E-state index is 5.61. The third-order valence-electron chi connectivity index (χ3n) is 2.58. The van der Waals surface area contributed by atoms with E-state index < -0.39 is 0 Å². The van der Waals surface area contributed by atoms with Crippen LogP contribution < -0.4 is 16.4 Å². The molecular formula is C9H21N3. The zero-order chi connectivity index (χ0) is 9.14. The van der Waals surface area contributed by atoms with Gasteiger partial charge in [-0.2, -0.15) is 0 Å². The monoisotopic (exact) mass is 171 g/mol. The fourth-order valence-electron chi connectivity index (χ4n) is 1.79. The van der Waals surface area contributed by atoms with E-state index in [1.165, 1.54) is 6.42 Å². The Labute approximate surface area is 75.1 Å². The first-order valence-electron chi connectivity index (χ1n) is 4.85. The van der Waals surface area contributed by atoms with Crippen LogP contribution in [-0.2, 0) is 0 Å². The van der Waals surface area contributed by atoms with E-state index in [1.807, 2.05) is 0 Å². The van der Waals surface area contributed by atoms with Gasteiger partial charge in [-0.15, -0.1) is 0 Å². The Bertz CT molecular complexity index is 128. The van der Waals surface area contributed by atoms with Crippen molar-refractivity contribution in [1.82, 2.24) is 10.6 Å². The van der Waals surface area contributed by atoms with Crippen molar-refractivity contribution < 1.29 is 0 Å².